The van der Waals surface area contributed by atoms with Crippen molar-refractivity contribution in [3.05, 3.63) is 29.8 Å². The van der Waals surface area contributed by atoms with Gasteiger partial charge >= 0.3 is 0 Å². The third kappa shape index (κ3) is 14.9. The van der Waals surface area contributed by atoms with Gasteiger partial charge in [0, 0.05) is 7.11 Å². The number of ether oxygens (including phenoxy) is 5. The fourth-order valence-electron chi connectivity index (χ4n) is 2.76. The Labute approximate surface area is 171 Å². The van der Waals surface area contributed by atoms with Crippen LogP contribution in [0, 0.1) is 0 Å². The minimum atomic E-state index is 0.552. The number of methoxy groups -OCH3 is 1. The van der Waals surface area contributed by atoms with Gasteiger partial charge in [-0.15, -0.1) is 0 Å². The minimum absolute atomic E-state index is 0.552. The SMILES string of the molecule is CCCCCCCCc1ccc(OCCOCCOCCOCCOC)cc1. The lowest BCUT2D eigenvalue weighted by molar-refractivity contribution is 0.000163. The van der Waals surface area contributed by atoms with Crippen molar-refractivity contribution in [2.24, 2.45) is 0 Å². The van der Waals surface area contributed by atoms with Gasteiger partial charge in [-0.3, -0.25) is 0 Å². The highest BCUT2D eigenvalue weighted by molar-refractivity contribution is 5.27. The normalized spacial score (nSPS) is 11.1. The summed E-state index contributed by atoms with van der Waals surface area (Å²) in [5.74, 6) is 0.903. The van der Waals surface area contributed by atoms with Gasteiger partial charge in [-0.25, -0.2) is 0 Å². The van der Waals surface area contributed by atoms with Gasteiger partial charge in [0.1, 0.15) is 12.4 Å². The largest absolute Gasteiger partial charge is 0.491 e. The average molecular weight is 397 g/mol. The van der Waals surface area contributed by atoms with Crippen LogP contribution in [-0.2, 0) is 25.4 Å². The van der Waals surface area contributed by atoms with Crippen molar-refractivity contribution in [2.75, 3.05) is 60.0 Å². The second-order valence-electron chi connectivity index (χ2n) is 6.84. The van der Waals surface area contributed by atoms with Gasteiger partial charge in [-0.1, -0.05) is 51.2 Å². The molecule has 0 aliphatic carbocycles. The molecule has 0 N–H and O–H groups in total. The molecule has 0 heterocycles. The zero-order chi connectivity index (χ0) is 20.1. The standard InChI is InChI=1S/C23H40O5/c1-3-4-5-6-7-8-9-22-10-12-23(13-11-22)28-21-20-27-19-18-26-17-16-25-15-14-24-2/h10-13H,3-9,14-21H2,1-2H3. The van der Waals surface area contributed by atoms with E-state index in [9.17, 15) is 0 Å². The molecular formula is C23H40O5. The zero-order valence-electron chi connectivity index (χ0n) is 18.0. The summed E-state index contributed by atoms with van der Waals surface area (Å²) in [6.45, 7) is 6.90. The molecule has 0 saturated carbocycles. The van der Waals surface area contributed by atoms with Crippen LogP contribution in [0.25, 0.3) is 0 Å². The third-order valence-corrected chi connectivity index (χ3v) is 4.41. The highest BCUT2D eigenvalue weighted by atomic mass is 16.6. The highest BCUT2D eigenvalue weighted by Gasteiger charge is 1.98. The maximum Gasteiger partial charge on any atom is 0.119 e. The van der Waals surface area contributed by atoms with E-state index in [0.29, 0.717) is 52.9 Å². The van der Waals surface area contributed by atoms with Gasteiger partial charge in [0.05, 0.1) is 46.2 Å². The Morgan fingerprint density at radius 1 is 0.607 bits per heavy atom. The van der Waals surface area contributed by atoms with Crippen LogP contribution in [0.5, 0.6) is 5.75 Å². The predicted octanol–water partition coefficient (Wildman–Crippen LogP) is 4.66. The number of unbranched alkanes of at least 4 members (excludes halogenated alkanes) is 5. The Morgan fingerprint density at radius 3 is 1.75 bits per heavy atom. The molecule has 0 unspecified atom stereocenters. The number of aryl methyl sites for hydroxylation is 1. The molecule has 1 aromatic rings. The van der Waals surface area contributed by atoms with E-state index < -0.39 is 0 Å². The predicted molar refractivity (Wildman–Crippen MR) is 113 cm³/mol. The van der Waals surface area contributed by atoms with Gasteiger partial charge in [0.15, 0.2) is 0 Å². The van der Waals surface area contributed by atoms with E-state index in [2.05, 4.69) is 31.2 Å². The van der Waals surface area contributed by atoms with Crippen molar-refractivity contribution in [2.45, 2.75) is 51.9 Å². The summed E-state index contributed by atoms with van der Waals surface area (Å²) in [5, 5.41) is 0. The van der Waals surface area contributed by atoms with Crippen molar-refractivity contribution >= 4 is 0 Å². The molecule has 0 fully saturated rings. The Morgan fingerprint density at radius 2 is 1.14 bits per heavy atom. The molecule has 0 aliphatic rings. The van der Waals surface area contributed by atoms with Gasteiger partial charge in [-0.2, -0.15) is 0 Å². The van der Waals surface area contributed by atoms with Crippen molar-refractivity contribution < 1.29 is 23.7 Å². The summed E-state index contributed by atoms with van der Waals surface area (Å²) < 4.78 is 26.8. The van der Waals surface area contributed by atoms with Gasteiger partial charge in [0.2, 0.25) is 0 Å². The lowest BCUT2D eigenvalue weighted by atomic mass is 10.0. The Bertz CT molecular complexity index is 435. The molecule has 1 rings (SSSR count). The maximum absolute atomic E-state index is 5.72. The van der Waals surface area contributed by atoms with Crippen LogP contribution in [0.1, 0.15) is 51.0 Å². The fourth-order valence-corrected chi connectivity index (χ4v) is 2.76. The quantitative estimate of drug-likeness (QED) is 0.300. The van der Waals surface area contributed by atoms with Crippen LogP contribution in [-0.4, -0.2) is 60.0 Å². The minimum Gasteiger partial charge on any atom is -0.491 e. The Hall–Kier alpha value is -1.14. The molecule has 0 atom stereocenters. The van der Waals surface area contributed by atoms with Crippen LogP contribution in [0.3, 0.4) is 0 Å². The molecule has 0 amide bonds. The van der Waals surface area contributed by atoms with Crippen molar-refractivity contribution in [3.63, 3.8) is 0 Å². The molecule has 0 bridgehead atoms. The van der Waals surface area contributed by atoms with Gasteiger partial charge in [-0.05, 0) is 30.5 Å². The molecule has 1 aromatic carbocycles. The van der Waals surface area contributed by atoms with E-state index in [-0.39, 0.29) is 0 Å². The number of benzene rings is 1. The second kappa shape index (κ2) is 19.2. The first-order valence-corrected chi connectivity index (χ1v) is 10.8. The van der Waals surface area contributed by atoms with Crippen LogP contribution < -0.4 is 4.74 Å². The van der Waals surface area contributed by atoms with E-state index >= 15 is 0 Å². The number of rotatable bonds is 20. The van der Waals surface area contributed by atoms with Crippen LogP contribution in [0.15, 0.2) is 24.3 Å². The molecule has 5 heteroatoms. The first-order valence-electron chi connectivity index (χ1n) is 10.8. The molecule has 0 aliphatic heterocycles. The van der Waals surface area contributed by atoms with Gasteiger partial charge < -0.3 is 23.7 Å². The Kier molecular flexibility index (Phi) is 17.1. The molecule has 0 aromatic heterocycles. The van der Waals surface area contributed by atoms with E-state index in [1.54, 1.807) is 7.11 Å². The van der Waals surface area contributed by atoms with Crippen molar-refractivity contribution in [1.82, 2.24) is 0 Å². The van der Waals surface area contributed by atoms with Gasteiger partial charge in [0.25, 0.3) is 0 Å². The molecule has 0 radical (unpaired) electrons. The van der Waals surface area contributed by atoms with E-state index in [1.807, 2.05) is 0 Å². The van der Waals surface area contributed by atoms with Crippen LogP contribution in [0.4, 0.5) is 0 Å². The zero-order valence-corrected chi connectivity index (χ0v) is 18.0. The van der Waals surface area contributed by atoms with Crippen LogP contribution >= 0.6 is 0 Å². The number of hydrogen-bond acceptors (Lipinski definition) is 5. The summed E-state index contributed by atoms with van der Waals surface area (Å²) in [6.07, 6.45) is 9.19. The fraction of sp³-hybridized carbons (Fsp3) is 0.739. The van der Waals surface area contributed by atoms with Crippen LogP contribution in [0.2, 0.25) is 0 Å². The van der Waals surface area contributed by atoms with Crippen molar-refractivity contribution in [1.29, 1.82) is 0 Å². The molecule has 5 nitrogen and oxygen atoms in total. The summed E-state index contributed by atoms with van der Waals surface area (Å²) in [7, 11) is 1.66. The second-order valence-corrected chi connectivity index (χ2v) is 6.84. The lowest BCUT2D eigenvalue weighted by Gasteiger charge is -2.09. The third-order valence-electron chi connectivity index (χ3n) is 4.41. The topological polar surface area (TPSA) is 46.2 Å². The first kappa shape index (κ1) is 24.9. The Balaban J connectivity index is 1.91. The average Bonchev–Trinajstić information content (AvgIpc) is 2.72. The number of hydrogen-bond donors (Lipinski definition) is 0. The maximum atomic E-state index is 5.72. The molecular weight excluding hydrogens is 356 g/mol. The highest BCUT2D eigenvalue weighted by Crippen LogP contribution is 2.15. The van der Waals surface area contributed by atoms with E-state index in [0.717, 1.165) is 12.2 Å². The molecule has 162 valence electrons. The van der Waals surface area contributed by atoms with E-state index in [1.165, 1.54) is 44.1 Å². The molecule has 28 heavy (non-hydrogen) atoms. The summed E-state index contributed by atoms with van der Waals surface area (Å²) in [6, 6.07) is 8.45. The summed E-state index contributed by atoms with van der Waals surface area (Å²) >= 11 is 0. The first-order chi connectivity index (χ1) is 13.9. The monoisotopic (exact) mass is 396 g/mol. The lowest BCUT2D eigenvalue weighted by Crippen LogP contribution is -2.13. The smallest absolute Gasteiger partial charge is 0.119 e. The van der Waals surface area contributed by atoms with Crippen molar-refractivity contribution in [3.8, 4) is 5.75 Å². The van der Waals surface area contributed by atoms with E-state index in [4.69, 9.17) is 23.7 Å². The summed E-state index contributed by atoms with van der Waals surface area (Å²) in [4.78, 5) is 0. The molecule has 0 saturated heterocycles. The summed E-state index contributed by atoms with van der Waals surface area (Å²) in [5.41, 5.74) is 1.39. The molecule has 0 spiro atoms.